The topological polar surface area (TPSA) is 66.5 Å². The summed E-state index contributed by atoms with van der Waals surface area (Å²) in [5, 5.41) is 0.361. The molecule has 0 atom stereocenters. The molecule has 0 saturated carbocycles. The monoisotopic (exact) mass is 378 g/mol. The van der Waals surface area contributed by atoms with Gasteiger partial charge in [-0.25, -0.2) is 8.42 Å². The minimum absolute atomic E-state index is 0.0750. The molecular formula is C18H19ClN2O3S. The van der Waals surface area contributed by atoms with Gasteiger partial charge in [0.2, 0.25) is 5.91 Å². The maximum absolute atomic E-state index is 12.5. The predicted octanol–water partition coefficient (Wildman–Crippen LogP) is 3.69. The molecule has 7 heteroatoms. The molecule has 1 amide bonds. The van der Waals surface area contributed by atoms with Crippen molar-refractivity contribution < 1.29 is 13.2 Å². The van der Waals surface area contributed by atoms with E-state index < -0.39 is 10.0 Å². The van der Waals surface area contributed by atoms with Crippen LogP contribution in [0, 0.1) is 5.92 Å². The number of amides is 1. The summed E-state index contributed by atoms with van der Waals surface area (Å²) in [5.74, 6) is -0.00188. The van der Waals surface area contributed by atoms with E-state index in [1.165, 1.54) is 12.1 Å². The van der Waals surface area contributed by atoms with Crippen molar-refractivity contribution in [2.45, 2.75) is 25.2 Å². The molecule has 1 N–H and O–H groups in total. The number of nitrogens with zero attached hydrogens (tertiary/aromatic N) is 1. The van der Waals surface area contributed by atoms with Crippen molar-refractivity contribution in [2.75, 3.05) is 16.2 Å². The summed E-state index contributed by atoms with van der Waals surface area (Å²) in [5.41, 5.74) is 2.28. The van der Waals surface area contributed by atoms with Crippen LogP contribution in [0.2, 0.25) is 5.02 Å². The van der Waals surface area contributed by atoms with Gasteiger partial charge >= 0.3 is 0 Å². The van der Waals surface area contributed by atoms with Crippen molar-refractivity contribution >= 4 is 38.9 Å². The smallest absolute Gasteiger partial charge is 0.261 e. The normalized spacial score (nSPS) is 13.8. The number of fused-ring (bicyclic) bond motifs is 1. The molecule has 2 aromatic rings. The molecule has 0 radical (unpaired) electrons. The number of sulfonamides is 1. The molecule has 132 valence electrons. The minimum Gasteiger partial charge on any atom is -0.312 e. The fourth-order valence-electron chi connectivity index (χ4n) is 2.85. The fourth-order valence-corrected chi connectivity index (χ4v) is 4.20. The Morgan fingerprint density at radius 2 is 1.96 bits per heavy atom. The van der Waals surface area contributed by atoms with Crippen molar-refractivity contribution in [3.05, 3.63) is 53.1 Å². The lowest BCUT2D eigenvalue weighted by Gasteiger charge is -2.19. The zero-order valence-electron chi connectivity index (χ0n) is 14.0. The number of carbonyl (C=O) groups excluding carboxylic acids is 1. The number of nitrogens with one attached hydrogen (secondary N) is 1. The highest BCUT2D eigenvalue weighted by Crippen LogP contribution is 2.32. The predicted molar refractivity (Wildman–Crippen MR) is 99.6 cm³/mol. The quantitative estimate of drug-likeness (QED) is 0.882. The summed E-state index contributed by atoms with van der Waals surface area (Å²) in [6.07, 6.45) is 0.709. The van der Waals surface area contributed by atoms with E-state index in [1.807, 2.05) is 13.8 Å². The van der Waals surface area contributed by atoms with Gasteiger partial charge in [-0.15, -0.1) is 0 Å². The maximum atomic E-state index is 12.5. The standard InChI is InChI=1S/C18H19ClN2O3S/c1-12(2)18(22)21-9-8-13-10-15(6-7-17(13)21)20-25(23,24)16-5-3-4-14(19)11-16/h3-7,10-12,20H,8-9H2,1-2H3. The van der Waals surface area contributed by atoms with Crippen molar-refractivity contribution in [3.63, 3.8) is 0 Å². The van der Waals surface area contributed by atoms with Gasteiger partial charge in [0.1, 0.15) is 0 Å². The molecule has 0 fully saturated rings. The van der Waals surface area contributed by atoms with Crippen LogP contribution in [-0.4, -0.2) is 20.9 Å². The SMILES string of the molecule is CC(C)C(=O)N1CCc2cc(NS(=O)(=O)c3cccc(Cl)c3)ccc21. The van der Waals surface area contributed by atoms with Gasteiger partial charge in [0, 0.05) is 28.9 Å². The van der Waals surface area contributed by atoms with Gasteiger partial charge < -0.3 is 4.90 Å². The molecule has 0 saturated heterocycles. The van der Waals surface area contributed by atoms with E-state index >= 15 is 0 Å². The lowest BCUT2D eigenvalue weighted by Crippen LogP contribution is -2.32. The molecule has 1 heterocycles. The Morgan fingerprint density at radius 1 is 1.20 bits per heavy atom. The Balaban J connectivity index is 1.85. The summed E-state index contributed by atoms with van der Waals surface area (Å²) < 4.78 is 27.5. The van der Waals surface area contributed by atoms with Crippen molar-refractivity contribution in [3.8, 4) is 0 Å². The largest absolute Gasteiger partial charge is 0.312 e. The lowest BCUT2D eigenvalue weighted by molar-refractivity contribution is -0.121. The van der Waals surface area contributed by atoms with Gasteiger partial charge in [-0.2, -0.15) is 0 Å². The number of hydrogen-bond donors (Lipinski definition) is 1. The van der Waals surface area contributed by atoms with Gasteiger partial charge in [-0.05, 0) is 48.4 Å². The third-order valence-corrected chi connectivity index (χ3v) is 5.71. The van der Waals surface area contributed by atoms with E-state index in [0.29, 0.717) is 23.7 Å². The molecule has 5 nitrogen and oxygen atoms in total. The zero-order chi connectivity index (χ0) is 18.2. The average Bonchev–Trinajstić information content (AvgIpc) is 2.96. The van der Waals surface area contributed by atoms with Crippen molar-refractivity contribution in [2.24, 2.45) is 5.92 Å². The van der Waals surface area contributed by atoms with Crippen LogP contribution in [0.25, 0.3) is 0 Å². The van der Waals surface area contributed by atoms with Crippen LogP contribution in [0.3, 0.4) is 0 Å². The first kappa shape index (κ1) is 17.8. The maximum Gasteiger partial charge on any atom is 0.261 e. The second-order valence-corrected chi connectivity index (χ2v) is 8.42. The highest BCUT2D eigenvalue weighted by atomic mass is 35.5. The number of anilines is 2. The Hall–Kier alpha value is -2.05. The fraction of sp³-hybridized carbons (Fsp3) is 0.278. The Kier molecular flexibility index (Phi) is 4.75. The van der Waals surface area contributed by atoms with Gasteiger partial charge in [0.25, 0.3) is 10.0 Å². The minimum atomic E-state index is -3.71. The van der Waals surface area contributed by atoms with Crippen LogP contribution < -0.4 is 9.62 Å². The van der Waals surface area contributed by atoms with Crippen molar-refractivity contribution in [1.29, 1.82) is 0 Å². The van der Waals surface area contributed by atoms with E-state index in [4.69, 9.17) is 11.6 Å². The molecular weight excluding hydrogens is 360 g/mol. The Bertz CT molecular complexity index is 926. The van der Waals surface area contributed by atoms with Gasteiger partial charge in [0.15, 0.2) is 0 Å². The van der Waals surface area contributed by atoms with E-state index in [0.717, 1.165) is 11.3 Å². The Labute approximate surface area is 152 Å². The first-order valence-electron chi connectivity index (χ1n) is 8.00. The van der Waals surface area contributed by atoms with Crippen LogP contribution in [0.5, 0.6) is 0 Å². The van der Waals surface area contributed by atoms with E-state index in [2.05, 4.69) is 4.72 Å². The number of benzene rings is 2. The third-order valence-electron chi connectivity index (χ3n) is 4.09. The van der Waals surface area contributed by atoms with E-state index in [1.54, 1.807) is 35.2 Å². The number of hydrogen-bond acceptors (Lipinski definition) is 3. The van der Waals surface area contributed by atoms with E-state index in [9.17, 15) is 13.2 Å². The van der Waals surface area contributed by atoms with Crippen molar-refractivity contribution in [1.82, 2.24) is 0 Å². The highest BCUT2D eigenvalue weighted by Gasteiger charge is 2.26. The molecule has 1 aliphatic rings. The second-order valence-electron chi connectivity index (χ2n) is 6.30. The number of halogens is 1. The van der Waals surface area contributed by atoms with E-state index in [-0.39, 0.29) is 16.7 Å². The van der Waals surface area contributed by atoms with Gasteiger partial charge in [-0.3, -0.25) is 9.52 Å². The average molecular weight is 379 g/mol. The lowest BCUT2D eigenvalue weighted by atomic mass is 10.1. The molecule has 0 unspecified atom stereocenters. The molecule has 0 aliphatic carbocycles. The summed E-state index contributed by atoms with van der Waals surface area (Å²) in [6, 6.07) is 11.4. The summed E-state index contributed by atoms with van der Waals surface area (Å²) in [6.45, 7) is 4.36. The highest BCUT2D eigenvalue weighted by molar-refractivity contribution is 7.92. The Morgan fingerprint density at radius 3 is 2.64 bits per heavy atom. The number of rotatable bonds is 4. The van der Waals surface area contributed by atoms with Gasteiger partial charge in [-0.1, -0.05) is 31.5 Å². The third kappa shape index (κ3) is 3.65. The molecule has 2 aromatic carbocycles. The number of carbonyl (C=O) groups is 1. The molecule has 1 aliphatic heterocycles. The molecule has 3 rings (SSSR count). The first-order valence-corrected chi connectivity index (χ1v) is 9.87. The van der Waals surface area contributed by atoms with Crippen LogP contribution in [0.1, 0.15) is 19.4 Å². The molecule has 0 aromatic heterocycles. The molecule has 0 spiro atoms. The summed E-state index contributed by atoms with van der Waals surface area (Å²) >= 11 is 5.87. The van der Waals surface area contributed by atoms with Gasteiger partial charge in [0.05, 0.1) is 4.90 Å². The second kappa shape index (κ2) is 6.69. The van der Waals surface area contributed by atoms with Crippen LogP contribution >= 0.6 is 11.6 Å². The zero-order valence-corrected chi connectivity index (χ0v) is 15.6. The van der Waals surface area contributed by atoms with Crippen LogP contribution in [0.4, 0.5) is 11.4 Å². The van der Waals surface area contributed by atoms with Crippen LogP contribution in [-0.2, 0) is 21.2 Å². The molecule has 25 heavy (non-hydrogen) atoms. The first-order chi connectivity index (χ1) is 11.8. The van der Waals surface area contributed by atoms with Crippen LogP contribution in [0.15, 0.2) is 47.4 Å². The molecule has 0 bridgehead atoms. The summed E-state index contributed by atoms with van der Waals surface area (Å²) in [4.78, 5) is 14.1. The summed E-state index contributed by atoms with van der Waals surface area (Å²) in [7, 11) is -3.71.